The number of hydrogen-bond donors (Lipinski definition) is 2. The number of pyridine rings is 1. The molecule has 0 spiro atoms. The van der Waals surface area contributed by atoms with Crippen LogP contribution in [-0.4, -0.2) is 41.5 Å². The van der Waals surface area contributed by atoms with Crippen molar-refractivity contribution in [2.45, 2.75) is 26.4 Å². The topological polar surface area (TPSA) is 57.3 Å². The van der Waals surface area contributed by atoms with Gasteiger partial charge in [0.25, 0.3) is 0 Å². The van der Waals surface area contributed by atoms with Gasteiger partial charge in [0, 0.05) is 32.4 Å². The Balaban J connectivity index is 1.98. The van der Waals surface area contributed by atoms with Gasteiger partial charge in [-0.25, -0.2) is 4.98 Å². The predicted molar refractivity (Wildman–Crippen MR) is 71.3 cm³/mol. The Kier molecular flexibility index (Phi) is 4.15. The standard InChI is InChI=1S/C13H20N4O/c1-3-14-12-5-4-11(8-16-12)9-17-7-6-15-13(18)10(17)2/h4-5,8,10H,3,6-7,9H2,1-2H3,(H,14,16)(H,15,18). The highest BCUT2D eigenvalue weighted by molar-refractivity contribution is 5.81. The molecule has 0 bridgehead atoms. The molecule has 1 aliphatic rings. The molecule has 1 unspecified atom stereocenters. The first-order valence-electron chi connectivity index (χ1n) is 6.41. The van der Waals surface area contributed by atoms with Crippen molar-refractivity contribution in [3.05, 3.63) is 23.9 Å². The van der Waals surface area contributed by atoms with E-state index in [1.165, 1.54) is 0 Å². The SMILES string of the molecule is CCNc1ccc(CN2CCNC(=O)C2C)cn1. The number of carbonyl (C=O) groups is 1. The lowest BCUT2D eigenvalue weighted by atomic mass is 10.1. The second kappa shape index (κ2) is 5.82. The normalized spacial score (nSPS) is 20.6. The molecule has 5 heteroatoms. The summed E-state index contributed by atoms with van der Waals surface area (Å²) in [6, 6.07) is 3.98. The van der Waals surface area contributed by atoms with Gasteiger partial charge in [-0.15, -0.1) is 0 Å². The van der Waals surface area contributed by atoms with Gasteiger partial charge in [0.2, 0.25) is 5.91 Å². The number of rotatable bonds is 4. The van der Waals surface area contributed by atoms with E-state index in [4.69, 9.17) is 0 Å². The molecule has 0 radical (unpaired) electrons. The molecule has 2 heterocycles. The van der Waals surface area contributed by atoms with Crippen LogP contribution in [0.25, 0.3) is 0 Å². The van der Waals surface area contributed by atoms with E-state index < -0.39 is 0 Å². The monoisotopic (exact) mass is 248 g/mol. The number of piperazine rings is 1. The maximum atomic E-state index is 11.6. The Hall–Kier alpha value is -1.62. The molecule has 2 rings (SSSR count). The van der Waals surface area contributed by atoms with Crippen LogP contribution in [0.3, 0.4) is 0 Å². The molecule has 0 aromatic carbocycles. The molecule has 0 aliphatic carbocycles. The van der Waals surface area contributed by atoms with E-state index >= 15 is 0 Å². The van der Waals surface area contributed by atoms with Crippen molar-refractivity contribution in [2.24, 2.45) is 0 Å². The highest BCUT2D eigenvalue weighted by atomic mass is 16.2. The summed E-state index contributed by atoms with van der Waals surface area (Å²) in [6.45, 7) is 7.25. The number of hydrogen-bond acceptors (Lipinski definition) is 4. The molecule has 98 valence electrons. The Morgan fingerprint density at radius 3 is 3.06 bits per heavy atom. The lowest BCUT2D eigenvalue weighted by Gasteiger charge is -2.32. The van der Waals surface area contributed by atoms with Crippen LogP contribution >= 0.6 is 0 Å². The van der Waals surface area contributed by atoms with Crippen LogP contribution in [-0.2, 0) is 11.3 Å². The second-order valence-corrected chi connectivity index (χ2v) is 4.52. The van der Waals surface area contributed by atoms with Gasteiger partial charge in [0.05, 0.1) is 6.04 Å². The first-order chi connectivity index (χ1) is 8.70. The maximum Gasteiger partial charge on any atom is 0.237 e. The van der Waals surface area contributed by atoms with Gasteiger partial charge in [-0.1, -0.05) is 6.07 Å². The number of amides is 1. The van der Waals surface area contributed by atoms with Crippen molar-refractivity contribution < 1.29 is 4.79 Å². The van der Waals surface area contributed by atoms with Gasteiger partial charge in [-0.2, -0.15) is 0 Å². The van der Waals surface area contributed by atoms with Crippen LogP contribution in [0.4, 0.5) is 5.82 Å². The Bertz CT molecular complexity index is 404. The van der Waals surface area contributed by atoms with Crippen LogP contribution in [0.5, 0.6) is 0 Å². The number of nitrogens with one attached hydrogen (secondary N) is 2. The molecule has 1 fully saturated rings. The summed E-state index contributed by atoms with van der Waals surface area (Å²) < 4.78 is 0. The predicted octanol–water partition coefficient (Wildman–Crippen LogP) is 0.834. The molecule has 1 aromatic rings. The minimum absolute atomic E-state index is 0.0628. The van der Waals surface area contributed by atoms with Crippen molar-refractivity contribution in [3.63, 3.8) is 0 Å². The fraction of sp³-hybridized carbons (Fsp3) is 0.538. The highest BCUT2D eigenvalue weighted by Gasteiger charge is 2.25. The van der Waals surface area contributed by atoms with Crippen molar-refractivity contribution in [1.29, 1.82) is 0 Å². The van der Waals surface area contributed by atoms with E-state index in [0.29, 0.717) is 0 Å². The van der Waals surface area contributed by atoms with Crippen molar-refractivity contribution in [2.75, 3.05) is 25.0 Å². The quantitative estimate of drug-likeness (QED) is 0.829. The van der Waals surface area contributed by atoms with Gasteiger partial charge >= 0.3 is 0 Å². The molecule has 5 nitrogen and oxygen atoms in total. The van der Waals surface area contributed by atoms with Gasteiger partial charge in [-0.3, -0.25) is 9.69 Å². The third kappa shape index (κ3) is 2.98. The van der Waals surface area contributed by atoms with Crippen molar-refractivity contribution >= 4 is 11.7 Å². The van der Waals surface area contributed by atoms with Crippen LogP contribution < -0.4 is 10.6 Å². The largest absolute Gasteiger partial charge is 0.370 e. The third-order valence-electron chi connectivity index (χ3n) is 3.19. The molecule has 1 aromatic heterocycles. The maximum absolute atomic E-state index is 11.6. The number of aromatic nitrogens is 1. The number of anilines is 1. The van der Waals surface area contributed by atoms with E-state index in [0.717, 1.165) is 37.6 Å². The van der Waals surface area contributed by atoms with Gasteiger partial charge < -0.3 is 10.6 Å². The zero-order chi connectivity index (χ0) is 13.0. The molecule has 1 amide bonds. The van der Waals surface area contributed by atoms with Crippen LogP contribution in [0.2, 0.25) is 0 Å². The average molecular weight is 248 g/mol. The molecule has 1 aliphatic heterocycles. The molecule has 2 N–H and O–H groups in total. The van der Waals surface area contributed by atoms with Crippen LogP contribution in [0.15, 0.2) is 18.3 Å². The minimum Gasteiger partial charge on any atom is -0.370 e. The summed E-state index contributed by atoms with van der Waals surface area (Å²) >= 11 is 0. The smallest absolute Gasteiger partial charge is 0.237 e. The summed E-state index contributed by atoms with van der Waals surface area (Å²) in [7, 11) is 0. The van der Waals surface area contributed by atoms with E-state index in [-0.39, 0.29) is 11.9 Å². The van der Waals surface area contributed by atoms with Crippen molar-refractivity contribution in [1.82, 2.24) is 15.2 Å². The summed E-state index contributed by atoms with van der Waals surface area (Å²) in [6.07, 6.45) is 1.87. The van der Waals surface area contributed by atoms with E-state index in [1.54, 1.807) is 0 Å². The fourth-order valence-corrected chi connectivity index (χ4v) is 2.08. The minimum atomic E-state index is -0.0628. The van der Waals surface area contributed by atoms with Gasteiger partial charge in [0.15, 0.2) is 0 Å². The number of carbonyl (C=O) groups excluding carboxylic acids is 1. The summed E-state index contributed by atoms with van der Waals surface area (Å²) in [4.78, 5) is 18.1. The summed E-state index contributed by atoms with van der Waals surface area (Å²) in [5.41, 5.74) is 1.14. The molecule has 0 saturated carbocycles. The first-order valence-corrected chi connectivity index (χ1v) is 6.41. The molecular formula is C13H20N4O. The Morgan fingerprint density at radius 1 is 1.56 bits per heavy atom. The summed E-state index contributed by atoms with van der Waals surface area (Å²) in [5.74, 6) is 1.00. The van der Waals surface area contributed by atoms with E-state index in [1.807, 2.05) is 26.1 Å². The third-order valence-corrected chi connectivity index (χ3v) is 3.19. The zero-order valence-corrected chi connectivity index (χ0v) is 10.9. The van der Waals surface area contributed by atoms with E-state index in [2.05, 4.69) is 26.6 Å². The fourth-order valence-electron chi connectivity index (χ4n) is 2.08. The van der Waals surface area contributed by atoms with Crippen molar-refractivity contribution in [3.8, 4) is 0 Å². The lowest BCUT2D eigenvalue weighted by molar-refractivity contribution is -0.128. The Morgan fingerprint density at radius 2 is 2.39 bits per heavy atom. The van der Waals surface area contributed by atoms with Crippen LogP contribution in [0.1, 0.15) is 19.4 Å². The first kappa shape index (κ1) is 12.8. The molecule has 1 atom stereocenters. The molecular weight excluding hydrogens is 228 g/mol. The van der Waals surface area contributed by atoms with Gasteiger partial charge in [-0.05, 0) is 25.5 Å². The Labute approximate surface area is 108 Å². The average Bonchev–Trinajstić information content (AvgIpc) is 2.38. The van der Waals surface area contributed by atoms with Crippen LogP contribution in [0, 0.1) is 0 Å². The highest BCUT2D eigenvalue weighted by Crippen LogP contribution is 2.11. The number of nitrogens with zero attached hydrogens (tertiary/aromatic N) is 2. The van der Waals surface area contributed by atoms with E-state index in [9.17, 15) is 4.79 Å². The summed E-state index contributed by atoms with van der Waals surface area (Å²) in [5, 5.41) is 6.03. The lowest BCUT2D eigenvalue weighted by Crippen LogP contribution is -2.53. The zero-order valence-electron chi connectivity index (χ0n) is 10.9. The second-order valence-electron chi connectivity index (χ2n) is 4.52. The van der Waals surface area contributed by atoms with Gasteiger partial charge in [0.1, 0.15) is 5.82 Å². The molecule has 1 saturated heterocycles. The molecule has 18 heavy (non-hydrogen) atoms.